The highest BCUT2D eigenvalue weighted by Crippen LogP contribution is 2.32. The monoisotopic (exact) mass is 267 g/mol. The van der Waals surface area contributed by atoms with Gasteiger partial charge < -0.3 is 15.4 Å². The third-order valence-corrected chi connectivity index (χ3v) is 3.17. The lowest BCUT2D eigenvalue weighted by Crippen LogP contribution is -2.57. The van der Waals surface area contributed by atoms with Crippen molar-refractivity contribution in [2.75, 3.05) is 18.0 Å². The molecule has 0 radical (unpaired) electrons. The zero-order valence-electron chi connectivity index (χ0n) is 12.0. The summed E-state index contributed by atoms with van der Waals surface area (Å²) in [7, 11) is 0. The molecule has 1 fully saturated rings. The number of pyridine rings is 1. The second-order valence-corrected chi connectivity index (χ2v) is 6.29. The van der Waals surface area contributed by atoms with Crippen LogP contribution in [0, 0.1) is 5.82 Å². The molecule has 0 saturated carbocycles. The first kappa shape index (κ1) is 14.2. The van der Waals surface area contributed by atoms with Gasteiger partial charge in [0.15, 0.2) is 11.6 Å². The molecule has 0 atom stereocenters. The van der Waals surface area contributed by atoms with E-state index >= 15 is 0 Å². The average Bonchev–Trinajstić information content (AvgIpc) is 2.25. The van der Waals surface area contributed by atoms with Crippen LogP contribution in [0.1, 0.15) is 33.3 Å². The van der Waals surface area contributed by atoms with E-state index in [1.54, 1.807) is 12.3 Å². The van der Waals surface area contributed by atoms with Crippen LogP contribution in [0.5, 0.6) is 0 Å². The second kappa shape index (κ2) is 4.72. The van der Waals surface area contributed by atoms with E-state index in [0.29, 0.717) is 24.5 Å². The Morgan fingerprint density at radius 3 is 2.42 bits per heavy atom. The van der Waals surface area contributed by atoms with Gasteiger partial charge in [0, 0.05) is 31.4 Å². The number of anilines is 1. The van der Waals surface area contributed by atoms with Crippen LogP contribution in [0.2, 0.25) is 0 Å². The largest absolute Gasteiger partial charge is 0.366 e. The van der Waals surface area contributed by atoms with Gasteiger partial charge in [-0.05, 0) is 33.8 Å². The molecule has 0 spiro atoms. The topological polar surface area (TPSA) is 51.4 Å². The number of aromatic nitrogens is 1. The number of rotatable bonds is 2. The fourth-order valence-corrected chi connectivity index (χ4v) is 2.79. The van der Waals surface area contributed by atoms with Crippen molar-refractivity contribution in [3.8, 4) is 0 Å². The van der Waals surface area contributed by atoms with E-state index in [-0.39, 0.29) is 23.6 Å². The molecule has 0 aliphatic carbocycles. The molecule has 106 valence electrons. The minimum atomic E-state index is -0.339. The fraction of sp³-hybridized carbons (Fsp3) is 0.643. The van der Waals surface area contributed by atoms with Crippen molar-refractivity contribution >= 4 is 5.82 Å². The van der Waals surface area contributed by atoms with Crippen molar-refractivity contribution in [1.82, 2.24) is 4.98 Å². The quantitative estimate of drug-likeness (QED) is 0.891. The Balaban J connectivity index is 2.36. The summed E-state index contributed by atoms with van der Waals surface area (Å²) in [5, 5.41) is 0. The first-order valence-corrected chi connectivity index (χ1v) is 6.53. The molecule has 0 aromatic carbocycles. The molecule has 5 heteroatoms. The predicted molar refractivity (Wildman–Crippen MR) is 73.5 cm³/mol. The van der Waals surface area contributed by atoms with E-state index in [9.17, 15) is 4.39 Å². The lowest BCUT2D eigenvalue weighted by Gasteiger charge is -2.47. The van der Waals surface area contributed by atoms with Gasteiger partial charge in [-0.25, -0.2) is 9.37 Å². The van der Waals surface area contributed by atoms with Crippen molar-refractivity contribution < 1.29 is 9.13 Å². The smallest absolute Gasteiger partial charge is 0.170 e. The summed E-state index contributed by atoms with van der Waals surface area (Å²) >= 11 is 0. The number of hydrogen-bond donors (Lipinski definition) is 1. The van der Waals surface area contributed by atoms with Crippen molar-refractivity contribution in [1.29, 1.82) is 0 Å². The highest BCUT2D eigenvalue weighted by Gasteiger charge is 2.39. The van der Waals surface area contributed by atoms with Gasteiger partial charge in [-0.1, -0.05) is 0 Å². The van der Waals surface area contributed by atoms with Crippen molar-refractivity contribution in [2.24, 2.45) is 5.73 Å². The summed E-state index contributed by atoms with van der Waals surface area (Å²) in [6, 6.07) is 1.62. The van der Waals surface area contributed by atoms with E-state index in [1.165, 1.54) is 0 Å². The minimum Gasteiger partial charge on any atom is -0.366 e. The van der Waals surface area contributed by atoms with Crippen LogP contribution in [0.25, 0.3) is 0 Å². The van der Waals surface area contributed by atoms with E-state index in [0.717, 1.165) is 0 Å². The number of halogens is 1. The molecule has 1 aliphatic rings. The molecule has 0 bridgehead atoms. The highest BCUT2D eigenvalue weighted by molar-refractivity contribution is 5.44. The van der Waals surface area contributed by atoms with E-state index < -0.39 is 0 Å². The van der Waals surface area contributed by atoms with E-state index in [2.05, 4.69) is 4.98 Å². The van der Waals surface area contributed by atoms with Gasteiger partial charge in [0.1, 0.15) is 0 Å². The molecule has 1 saturated heterocycles. The SMILES string of the molecule is CC1(C)CN(c2nccc(CN)c2F)CC(C)(C)O1. The molecule has 1 aromatic heterocycles. The number of morpholine rings is 1. The number of hydrogen-bond acceptors (Lipinski definition) is 4. The Morgan fingerprint density at radius 1 is 1.32 bits per heavy atom. The van der Waals surface area contributed by atoms with Gasteiger partial charge >= 0.3 is 0 Å². The number of nitrogens with two attached hydrogens (primary N) is 1. The summed E-state index contributed by atoms with van der Waals surface area (Å²) < 4.78 is 20.3. The third kappa shape index (κ3) is 3.04. The van der Waals surface area contributed by atoms with E-state index in [4.69, 9.17) is 10.5 Å². The minimum absolute atomic E-state index is 0.179. The Morgan fingerprint density at radius 2 is 1.89 bits per heavy atom. The molecule has 2 heterocycles. The van der Waals surface area contributed by atoms with Crippen LogP contribution in [0.4, 0.5) is 10.2 Å². The number of nitrogens with zero attached hydrogens (tertiary/aromatic N) is 2. The van der Waals surface area contributed by atoms with Crippen molar-refractivity contribution in [3.05, 3.63) is 23.6 Å². The average molecular weight is 267 g/mol. The first-order valence-electron chi connectivity index (χ1n) is 6.53. The maximum absolute atomic E-state index is 14.3. The molecular formula is C14H22FN3O. The summed E-state index contributed by atoms with van der Waals surface area (Å²) in [5.41, 5.74) is 5.36. The molecule has 1 aliphatic heterocycles. The van der Waals surface area contributed by atoms with Crippen LogP contribution < -0.4 is 10.6 Å². The zero-order valence-corrected chi connectivity index (χ0v) is 12.0. The molecule has 2 N–H and O–H groups in total. The first-order chi connectivity index (χ1) is 8.74. The van der Waals surface area contributed by atoms with Gasteiger partial charge in [0.25, 0.3) is 0 Å². The molecular weight excluding hydrogens is 245 g/mol. The molecule has 2 rings (SSSR count). The van der Waals surface area contributed by atoms with Crippen LogP contribution in [-0.4, -0.2) is 29.3 Å². The van der Waals surface area contributed by atoms with Crippen LogP contribution in [-0.2, 0) is 11.3 Å². The summed E-state index contributed by atoms with van der Waals surface area (Å²) in [4.78, 5) is 6.12. The predicted octanol–water partition coefficient (Wildman–Crippen LogP) is 2.07. The van der Waals surface area contributed by atoms with Gasteiger partial charge in [0.05, 0.1) is 11.2 Å². The molecule has 4 nitrogen and oxygen atoms in total. The number of ether oxygens (including phenoxy) is 1. The van der Waals surface area contributed by atoms with Crippen LogP contribution in [0.15, 0.2) is 12.3 Å². The Kier molecular flexibility index (Phi) is 3.53. The van der Waals surface area contributed by atoms with Crippen LogP contribution >= 0.6 is 0 Å². The normalized spacial score (nSPS) is 21.5. The molecule has 0 unspecified atom stereocenters. The Hall–Kier alpha value is -1.20. The zero-order chi connectivity index (χ0) is 14.3. The maximum Gasteiger partial charge on any atom is 0.170 e. The van der Waals surface area contributed by atoms with Gasteiger partial charge in [-0.2, -0.15) is 0 Å². The maximum atomic E-state index is 14.3. The van der Waals surface area contributed by atoms with Gasteiger partial charge in [-0.15, -0.1) is 0 Å². The molecule has 19 heavy (non-hydrogen) atoms. The highest BCUT2D eigenvalue weighted by atomic mass is 19.1. The second-order valence-electron chi connectivity index (χ2n) is 6.29. The fourth-order valence-electron chi connectivity index (χ4n) is 2.79. The summed E-state index contributed by atoms with van der Waals surface area (Å²) in [6.07, 6.45) is 1.61. The van der Waals surface area contributed by atoms with Gasteiger partial charge in [0.2, 0.25) is 0 Å². The Bertz CT molecular complexity index is 458. The standard InChI is InChI=1S/C14H22FN3O/c1-13(2)8-18(9-14(3,4)19-13)12-11(15)10(7-16)5-6-17-12/h5-6H,7-9,16H2,1-4H3. The van der Waals surface area contributed by atoms with Gasteiger partial charge in [-0.3, -0.25) is 0 Å². The van der Waals surface area contributed by atoms with Crippen molar-refractivity contribution in [3.63, 3.8) is 0 Å². The summed E-state index contributed by atoms with van der Waals surface area (Å²) in [6.45, 7) is 9.41. The summed E-state index contributed by atoms with van der Waals surface area (Å²) in [5.74, 6) is 0.0471. The lowest BCUT2D eigenvalue weighted by atomic mass is 9.99. The molecule has 0 amide bonds. The van der Waals surface area contributed by atoms with Crippen LogP contribution in [0.3, 0.4) is 0 Å². The molecule has 1 aromatic rings. The van der Waals surface area contributed by atoms with E-state index in [1.807, 2.05) is 32.6 Å². The Labute approximate surface area is 113 Å². The third-order valence-electron chi connectivity index (χ3n) is 3.17. The van der Waals surface area contributed by atoms with Crippen molar-refractivity contribution in [2.45, 2.75) is 45.4 Å². The lowest BCUT2D eigenvalue weighted by molar-refractivity contribution is -0.133.